The molecular formula is C9H15NO2. The Bertz CT molecular complexity index is 128. The molecule has 0 aromatic heterocycles. The van der Waals surface area contributed by atoms with Crippen LogP contribution in [0.2, 0.25) is 0 Å². The first-order valence-electron chi connectivity index (χ1n) is 3.66. The fourth-order valence-electron chi connectivity index (χ4n) is 0.192. The van der Waals surface area contributed by atoms with Gasteiger partial charge in [0.2, 0.25) is 0 Å². The summed E-state index contributed by atoms with van der Waals surface area (Å²) >= 11 is 0. The van der Waals surface area contributed by atoms with Gasteiger partial charge in [0.25, 0.3) is 0 Å². The van der Waals surface area contributed by atoms with Crippen molar-refractivity contribution >= 4 is 0 Å². The van der Waals surface area contributed by atoms with Crippen molar-refractivity contribution < 1.29 is 9.78 Å². The lowest BCUT2D eigenvalue weighted by Crippen LogP contribution is -1.92. The van der Waals surface area contributed by atoms with Crippen molar-refractivity contribution in [2.24, 2.45) is 0 Å². The summed E-state index contributed by atoms with van der Waals surface area (Å²) in [6.45, 7) is 9.52. The van der Waals surface area contributed by atoms with Gasteiger partial charge in [0, 0.05) is 6.42 Å². The maximum atomic E-state index is 7.62. The zero-order chi connectivity index (χ0) is 9.66. The maximum Gasteiger partial charge on any atom is 0.100 e. The average molecular weight is 169 g/mol. The fourth-order valence-corrected chi connectivity index (χ4v) is 0.192. The van der Waals surface area contributed by atoms with Crippen LogP contribution in [-0.4, -0.2) is 13.2 Å². The largest absolute Gasteiger partial charge is 0.232 e. The van der Waals surface area contributed by atoms with E-state index in [9.17, 15) is 0 Å². The molecule has 0 rings (SSSR count). The van der Waals surface area contributed by atoms with Crippen molar-refractivity contribution in [2.45, 2.75) is 13.3 Å². The third-order valence-corrected chi connectivity index (χ3v) is 0.613. The van der Waals surface area contributed by atoms with Crippen LogP contribution in [0.25, 0.3) is 0 Å². The van der Waals surface area contributed by atoms with Crippen molar-refractivity contribution in [3.8, 4) is 6.07 Å². The Morgan fingerprint density at radius 1 is 1.25 bits per heavy atom. The van der Waals surface area contributed by atoms with E-state index < -0.39 is 0 Å². The molecule has 0 spiro atoms. The highest BCUT2D eigenvalue weighted by Gasteiger charge is 1.76. The Morgan fingerprint density at radius 3 is 1.75 bits per heavy atom. The summed E-state index contributed by atoms with van der Waals surface area (Å²) in [4.78, 5) is 9.07. The van der Waals surface area contributed by atoms with Crippen LogP contribution in [0.15, 0.2) is 25.3 Å². The third kappa shape index (κ3) is 23.1. The minimum atomic E-state index is 0.424. The van der Waals surface area contributed by atoms with Crippen LogP contribution in [0.3, 0.4) is 0 Å². The Hall–Kier alpha value is -1.11. The first kappa shape index (κ1) is 13.5. The van der Waals surface area contributed by atoms with Gasteiger partial charge in [-0.3, -0.25) is 0 Å². The molecule has 0 radical (unpaired) electrons. The molecule has 0 aromatic carbocycles. The van der Waals surface area contributed by atoms with E-state index in [0.717, 1.165) is 0 Å². The molecule has 0 aromatic rings. The number of nitrogens with zero attached hydrogens (tertiary/aromatic N) is 1. The van der Waals surface area contributed by atoms with Crippen LogP contribution < -0.4 is 0 Å². The van der Waals surface area contributed by atoms with Gasteiger partial charge in [-0.15, -0.1) is 13.2 Å². The summed E-state index contributed by atoms with van der Waals surface area (Å²) in [5.74, 6) is 0. The summed E-state index contributed by atoms with van der Waals surface area (Å²) in [6.07, 6.45) is 3.85. The van der Waals surface area contributed by atoms with Gasteiger partial charge in [-0.25, -0.2) is 9.78 Å². The zero-order valence-electron chi connectivity index (χ0n) is 7.45. The van der Waals surface area contributed by atoms with Gasteiger partial charge >= 0.3 is 0 Å². The molecule has 0 amide bonds. The summed E-state index contributed by atoms with van der Waals surface area (Å²) in [6, 6.07) is 1.93. The molecule has 0 fully saturated rings. The Kier molecular flexibility index (Phi) is 18.5. The highest BCUT2D eigenvalue weighted by atomic mass is 17.2. The molecule has 68 valence electrons. The van der Waals surface area contributed by atoms with E-state index >= 15 is 0 Å². The predicted octanol–water partition coefficient (Wildman–Crippen LogP) is 2.23. The van der Waals surface area contributed by atoms with E-state index in [-0.39, 0.29) is 0 Å². The number of hydrogen-bond acceptors (Lipinski definition) is 3. The van der Waals surface area contributed by atoms with E-state index in [1.54, 1.807) is 12.2 Å². The normalized spacial score (nSPS) is 7.33. The zero-order valence-corrected chi connectivity index (χ0v) is 7.45. The van der Waals surface area contributed by atoms with Gasteiger partial charge in [-0.1, -0.05) is 19.1 Å². The topological polar surface area (TPSA) is 42.2 Å². The lowest BCUT2D eigenvalue weighted by molar-refractivity contribution is -0.277. The van der Waals surface area contributed by atoms with Crippen LogP contribution in [-0.2, 0) is 9.78 Å². The average Bonchev–Trinajstić information content (AvgIpc) is 2.13. The Morgan fingerprint density at radius 2 is 1.58 bits per heavy atom. The molecule has 0 aliphatic rings. The first-order valence-corrected chi connectivity index (χ1v) is 3.66. The maximum absolute atomic E-state index is 7.62. The van der Waals surface area contributed by atoms with Gasteiger partial charge < -0.3 is 0 Å². The second kappa shape index (κ2) is 16.5. The van der Waals surface area contributed by atoms with E-state index in [4.69, 9.17) is 5.26 Å². The van der Waals surface area contributed by atoms with Gasteiger partial charge in [0.15, 0.2) is 0 Å². The predicted molar refractivity (Wildman–Crippen MR) is 48.2 cm³/mol. The molecule has 0 bridgehead atoms. The Balaban J connectivity index is 0. The second-order valence-corrected chi connectivity index (χ2v) is 1.66. The quantitative estimate of drug-likeness (QED) is 0.274. The molecule has 0 N–H and O–H groups in total. The van der Waals surface area contributed by atoms with Crippen molar-refractivity contribution in [2.75, 3.05) is 13.2 Å². The van der Waals surface area contributed by atoms with Crippen molar-refractivity contribution in [3.63, 3.8) is 0 Å². The lowest BCUT2D eigenvalue weighted by Gasteiger charge is -1.94. The van der Waals surface area contributed by atoms with Crippen molar-refractivity contribution in [1.29, 1.82) is 5.26 Å². The lowest BCUT2D eigenvalue weighted by atomic mass is 10.6. The molecule has 0 aliphatic carbocycles. The van der Waals surface area contributed by atoms with Crippen LogP contribution in [0.4, 0.5) is 0 Å². The molecule has 12 heavy (non-hydrogen) atoms. The monoisotopic (exact) mass is 169 g/mol. The van der Waals surface area contributed by atoms with E-state index in [1.165, 1.54) is 0 Å². The van der Waals surface area contributed by atoms with Gasteiger partial charge in [-0.05, 0) is 0 Å². The van der Waals surface area contributed by atoms with Gasteiger partial charge in [0.1, 0.15) is 13.2 Å². The van der Waals surface area contributed by atoms with Crippen LogP contribution in [0.5, 0.6) is 0 Å². The Labute approximate surface area is 73.8 Å². The smallest absolute Gasteiger partial charge is 0.100 e. The summed E-state index contributed by atoms with van der Waals surface area (Å²) < 4.78 is 0. The molecule has 0 unspecified atom stereocenters. The minimum Gasteiger partial charge on any atom is -0.232 e. The highest BCUT2D eigenvalue weighted by Crippen LogP contribution is 1.77. The van der Waals surface area contributed by atoms with Crippen LogP contribution in [0.1, 0.15) is 13.3 Å². The van der Waals surface area contributed by atoms with E-state index in [0.29, 0.717) is 19.6 Å². The highest BCUT2D eigenvalue weighted by molar-refractivity contribution is 4.64. The molecular weight excluding hydrogens is 154 g/mol. The van der Waals surface area contributed by atoms with E-state index in [2.05, 4.69) is 22.9 Å². The first-order chi connectivity index (χ1) is 5.83. The van der Waals surface area contributed by atoms with Crippen LogP contribution >= 0.6 is 0 Å². The second-order valence-electron chi connectivity index (χ2n) is 1.66. The van der Waals surface area contributed by atoms with Crippen molar-refractivity contribution in [1.82, 2.24) is 0 Å². The number of hydrogen-bond donors (Lipinski definition) is 0. The molecule has 0 atom stereocenters. The van der Waals surface area contributed by atoms with Crippen molar-refractivity contribution in [3.05, 3.63) is 25.3 Å². The molecule has 3 heteroatoms. The van der Waals surface area contributed by atoms with Gasteiger partial charge in [0.05, 0.1) is 6.07 Å². The molecule has 3 nitrogen and oxygen atoms in total. The third-order valence-electron chi connectivity index (χ3n) is 0.613. The summed E-state index contributed by atoms with van der Waals surface area (Å²) in [7, 11) is 0. The van der Waals surface area contributed by atoms with E-state index in [1.807, 2.05) is 13.0 Å². The molecule has 0 heterocycles. The van der Waals surface area contributed by atoms with Crippen LogP contribution in [0, 0.1) is 11.3 Å². The fraction of sp³-hybridized carbons (Fsp3) is 0.444. The standard InChI is InChI=1S/C6H10O2.C3H5N/c1-3-5-7-8-6-4-2;1-2-3-4/h3-4H,1-2,5-6H2;2H2,1H3. The molecule has 0 saturated carbocycles. The summed E-state index contributed by atoms with van der Waals surface area (Å²) in [5, 5.41) is 7.62. The van der Waals surface area contributed by atoms with Gasteiger partial charge in [-0.2, -0.15) is 5.26 Å². The summed E-state index contributed by atoms with van der Waals surface area (Å²) in [5.41, 5.74) is 0. The minimum absolute atomic E-state index is 0.424. The molecule has 0 aliphatic heterocycles. The molecule has 0 saturated heterocycles. The number of nitriles is 1. The SMILES string of the molecule is C=CCOOCC=C.CCC#N. The number of rotatable bonds is 5.